The summed E-state index contributed by atoms with van der Waals surface area (Å²) >= 11 is 0. The van der Waals surface area contributed by atoms with Crippen LogP contribution in [0.15, 0.2) is 55.5 Å². The monoisotopic (exact) mass is 533 g/mol. The molecule has 40 heavy (non-hydrogen) atoms. The van der Waals surface area contributed by atoms with E-state index >= 15 is 0 Å². The van der Waals surface area contributed by atoms with Crippen LogP contribution in [-0.2, 0) is 4.79 Å². The largest absolute Gasteiger partial charge is 0.335 e. The van der Waals surface area contributed by atoms with Crippen LogP contribution in [0, 0.1) is 12.8 Å². The van der Waals surface area contributed by atoms with E-state index in [0.717, 1.165) is 59.4 Å². The molecule has 0 saturated carbocycles. The third-order valence-corrected chi connectivity index (χ3v) is 7.25. The number of pyridine rings is 3. The van der Waals surface area contributed by atoms with Gasteiger partial charge in [-0.05, 0) is 57.0 Å². The molecule has 12 nitrogen and oxygen atoms in total. The van der Waals surface area contributed by atoms with Gasteiger partial charge in [0, 0.05) is 24.4 Å². The number of aromatic amines is 2. The fourth-order valence-corrected chi connectivity index (χ4v) is 5.21. The molecular weight excluding hydrogens is 506 g/mol. The molecular formula is C28H27N11O. The summed E-state index contributed by atoms with van der Waals surface area (Å²) in [5.74, 6) is 1.00. The highest BCUT2D eigenvalue weighted by molar-refractivity contribution is 5.94. The maximum atomic E-state index is 12.7. The van der Waals surface area contributed by atoms with Crippen LogP contribution in [0.3, 0.4) is 0 Å². The smallest absolute Gasteiger partial charge is 0.224 e. The lowest BCUT2D eigenvalue weighted by Gasteiger charge is -2.21. The number of anilines is 1. The number of rotatable bonds is 6. The van der Waals surface area contributed by atoms with Crippen LogP contribution in [0.25, 0.3) is 50.5 Å². The third-order valence-electron chi connectivity index (χ3n) is 7.25. The highest BCUT2D eigenvalue weighted by atomic mass is 16.1. The predicted octanol–water partition coefficient (Wildman–Crippen LogP) is 3.78. The van der Waals surface area contributed by atoms with Crippen molar-refractivity contribution in [1.29, 1.82) is 0 Å². The first-order chi connectivity index (χ1) is 19.6. The van der Waals surface area contributed by atoms with Gasteiger partial charge in [0.15, 0.2) is 11.5 Å². The lowest BCUT2D eigenvalue weighted by molar-refractivity contribution is -0.117. The number of amides is 1. The van der Waals surface area contributed by atoms with E-state index in [1.54, 1.807) is 31.1 Å². The van der Waals surface area contributed by atoms with E-state index in [1.807, 2.05) is 35.9 Å². The minimum atomic E-state index is 0.0102. The SMILES string of the molecule is Cc1cn(-c2cncc3[nH]c(-c4n[nH]c5ccc(-c6cncc(NC(=O)CC7CCNCC7)c6)nc45)nc23)cn1. The summed E-state index contributed by atoms with van der Waals surface area (Å²) in [5.41, 5.74) is 7.46. The van der Waals surface area contributed by atoms with Crippen molar-refractivity contribution in [2.45, 2.75) is 26.2 Å². The van der Waals surface area contributed by atoms with Crippen LogP contribution in [-0.4, -0.2) is 63.7 Å². The topological polar surface area (TPSA) is 155 Å². The van der Waals surface area contributed by atoms with Gasteiger partial charge in [-0.25, -0.2) is 15.0 Å². The number of aryl methyl sites for hydroxylation is 1. The number of piperidine rings is 1. The van der Waals surface area contributed by atoms with Crippen LogP contribution in [0.1, 0.15) is 25.0 Å². The second-order valence-corrected chi connectivity index (χ2v) is 10.1. The van der Waals surface area contributed by atoms with Gasteiger partial charge < -0.3 is 20.2 Å². The number of aromatic nitrogens is 9. The van der Waals surface area contributed by atoms with Crippen LogP contribution in [0.5, 0.6) is 0 Å². The number of fused-ring (bicyclic) bond motifs is 2. The second kappa shape index (κ2) is 9.97. The van der Waals surface area contributed by atoms with Crippen molar-refractivity contribution < 1.29 is 4.79 Å². The number of hydrogen-bond donors (Lipinski definition) is 4. The van der Waals surface area contributed by atoms with E-state index in [0.29, 0.717) is 40.8 Å². The molecule has 1 aliphatic heterocycles. The Morgan fingerprint density at radius 2 is 1.93 bits per heavy atom. The normalized spacial score (nSPS) is 14.2. The first-order valence-corrected chi connectivity index (χ1v) is 13.3. The Labute approximate surface area is 228 Å². The summed E-state index contributed by atoms with van der Waals surface area (Å²) in [6, 6.07) is 5.73. The molecule has 1 aliphatic rings. The fraction of sp³-hybridized carbons (Fsp3) is 0.250. The minimum Gasteiger partial charge on any atom is -0.335 e. The van der Waals surface area contributed by atoms with Crippen molar-refractivity contribution in [3.05, 3.63) is 61.2 Å². The highest BCUT2D eigenvalue weighted by Gasteiger charge is 2.19. The van der Waals surface area contributed by atoms with E-state index in [9.17, 15) is 4.79 Å². The fourth-order valence-electron chi connectivity index (χ4n) is 5.21. The Balaban J connectivity index is 1.19. The quantitative estimate of drug-likeness (QED) is 0.252. The molecule has 0 radical (unpaired) electrons. The van der Waals surface area contributed by atoms with Gasteiger partial charge in [0.1, 0.15) is 11.0 Å². The third kappa shape index (κ3) is 4.58. The molecule has 0 aromatic carbocycles. The minimum absolute atomic E-state index is 0.0102. The molecule has 1 amide bonds. The van der Waals surface area contributed by atoms with Crippen molar-refractivity contribution >= 4 is 33.7 Å². The summed E-state index contributed by atoms with van der Waals surface area (Å²) in [6.45, 7) is 3.87. The van der Waals surface area contributed by atoms with Crippen LogP contribution in [0.4, 0.5) is 5.69 Å². The Kier molecular flexibility index (Phi) is 6.00. The van der Waals surface area contributed by atoms with Crippen LogP contribution >= 0.6 is 0 Å². The number of hydrogen-bond acceptors (Lipinski definition) is 8. The molecule has 0 unspecified atom stereocenters. The lowest BCUT2D eigenvalue weighted by Crippen LogP contribution is -2.30. The molecule has 6 aromatic heterocycles. The summed E-state index contributed by atoms with van der Waals surface area (Å²) in [6.07, 6.45) is 13.1. The van der Waals surface area contributed by atoms with Gasteiger partial charge in [-0.2, -0.15) is 5.10 Å². The van der Waals surface area contributed by atoms with Gasteiger partial charge in [-0.15, -0.1) is 0 Å². The van der Waals surface area contributed by atoms with Crippen LogP contribution in [0.2, 0.25) is 0 Å². The van der Waals surface area contributed by atoms with Crippen molar-refractivity contribution in [3.63, 3.8) is 0 Å². The molecule has 0 spiro atoms. The summed E-state index contributed by atoms with van der Waals surface area (Å²) in [4.78, 5) is 38.8. The van der Waals surface area contributed by atoms with E-state index in [1.165, 1.54) is 0 Å². The molecule has 0 atom stereocenters. The zero-order valence-electron chi connectivity index (χ0n) is 21.8. The Morgan fingerprint density at radius 3 is 2.77 bits per heavy atom. The van der Waals surface area contributed by atoms with Crippen molar-refractivity contribution in [2.75, 3.05) is 18.4 Å². The van der Waals surface area contributed by atoms with Crippen LogP contribution < -0.4 is 10.6 Å². The number of nitrogens with one attached hydrogen (secondary N) is 4. The number of H-pyrrole nitrogens is 2. The maximum Gasteiger partial charge on any atom is 0.224 e. The van der Waals surface area contributed by atoms with E-state index in [4.69, 9.17) is 9.97 Å². The first-order valence-electron chi connectivity index (χ1n) is 13.3. The summed E-state index contributed by atoms with van der Waals surface area (Å²) < 4.78 is 1.90. The molecule has 4 N–H and O–H groups in total. The van der Waals surface area contributed by atoms with Gasteiger partial charge in [0.05, 0.1) is 58.7 Å². The Bertz CT molecular complexity index is 1840. The van der Waals surface area contributed by atoms with Gasteiger partial charge >= 0.3 is 0 Å². The molecule has 6 aromatic rings. The maximum absolute atomic E-state index is 12.7. The van der Waals surface area contributed by atoms with Crippen molar-refractivity contribution in [2.24, 2.45) is 5.92 Å². The molecule has 0 bridgehead atoms. The zero-order chi connectivity index (χ0) is 27.1. The second-order valence-electron chi connectivity index (χ2n) is 10.1. The molecule has 7 rings (SSSR count). The van der Waals surface area contributed by atoms with Crippen molar-refractivity contribution in [1.82, 2.24) is 50.0 Å². The van der Waals surface area contributed by atoms with Gasteiger partial charge in [-0.3, -0.25) is 19.9 Å². The number of carbonyl (C=O) groups excluding carboxylic acids is 1. The van der Waals surface area contributed by atoms with E-state index in [2.05, 4.69) is 40.8 Å². The number of imidazole rings is 2. The first kappa shape index (κ1) is 24.1. The molecule has 0 aliphatic carbocycles. The number of nitrogens with zero attached hydrogens (tertiary/aromatic N) is 7. The number of carbonyl (C=O) groups is 1. The molecule has 1 saturated heterocycles. The molecule has 12 heteroatoms. The van der Waals surface area contributed by atoms with E-state index in [-0.39, 0.29) is 5.91 Å². The summed E-state index contributed by atoms with van der Waals surface area (Å²) in [5, 5.41) is 13.9. The summed E-state index contributed by atoms with van der Waals surface area (Å²) in [7, 11) is 0. The van der Waals surface area contributed by atoms with Gasteiger partial charge in [0.25, 0.3) is 0 Å². The molecule has 200 valence electrons. The zero-order valence-corrected chi connectivity index (χ0v) is 21.8. The lowest BCUT2D eigenvalue weighted by atomic mass is 9.94. The van der Waals surface area contributed by atoms with Gasteiger partial charge in [-0.1, -0.05) is 0 Å². The molecule has 7 heterocycles. The standard InChI is InChI=1S/C28H27N11O/c1-16-14-39(15-32-16)23-13-31-12-22-25(23)36-28(35-22)27-26-21(37-38-27)3-2-20(34-26)18-9-19(11-30-10-18)33-24(40)8-17-4-6-29-7-5-17/h2-3,9-15,17,29H,4-8H2,1H3,(H,33,40)(H,35,36)(H,37,38). The Morgan fingerprint density at radius 1 is 1.05 bits per heavy atom. The van der Waals surface area contributed by atoms with Gasteiger partial charge in [0.2, 0.25) is 5.91 Å². The Hall–Kier alpha value is -4.97. The average Bonchev–Trinajstić information content (AvgIpc) is 3.71. The predicted molar refractivity (Wildman–Crippen MR) is 151 cm³/mol. The van der Waals surface area contributed by atoms with Crippen molar-refractivity contribution in [3.8, 4) is 28.5 Å². The average molecular weight is 534 g/mol. The molecule has 1 fully saturated rings. The highest BCUT2D eigenvalue weighted by Crippen LogP contribution is 2.29. The van der Waals surface area contributed by atoms with E-state index < -0.39 is 0 Å².